The summed E-state index contributed by atoms with van der Waals surface area (Å²) >= 11 is 1.89. The van der Waals surface area contributed by atoms with Gasteiger partial charge in [-0.25, -0.2) is 0 Å². The van der Waals surface area contributed by atoms with Gasteiger partial charge in [-0.2, -0.15) is 11.8 Å². The Kier molecular flexibility index (Phi) is 7.15. The van der Waals surface area contributed by atoms with Crippen molar-refractivity contribution in [2.75, 3.05) is 30.9 Å². The number of carbonyl (C=O) groups is 1. The summed E-state index contributed by atoms with van der Waals surface area (Å²) in [6.45, 7) is 3.56. The van der Waals surface area contributed by atoms with Crippen molar-refractivity contribution in [2.24, 2.45) is 0 Å². The van der Waals surface area contributed by atoms with Gasteiger partial charge in [0.25, 0.3) is 0 Å². The zero-order valence-electron chi connectivity index (χ0n) is 10.5. The Labute approximate surface area is 110 Å². The topological polar surface area (TPSA) is 58.2 Å². The molecule has 0 aromatic rings. The average Bonchev–Trinajstić information content (AvgIpc) is 2.30. The molecule has 3 unspecified atom stereocenters. The zero-order chi connectivity index (χ0) is 12.7. The first-order valence-electron chi connectivity index (χ1n) is 5.99. The van der Waals surface area contributed by atoms with E-state index in [0.29, 0.717) is 19.0 Å². The van der Waals surface area contributed by atoms with Gasteiger partial charge >= 0.3 is 0 Å². The molecule has 1 amide bonds. The molecule has 0 radical (unpaired) electrons. The van der Waals surface area contributed by atoms with E-state index in [9.17, 15) is 9.00 Å². The molecule has 1 aliphatic rings. The van der Waals surface area contributed by atoms with E-state index in [2.05, 4.69) is 10.6 Å². The van der Waals surface area contributed by atoms with E-state index in [-0.39, 0.29) is 11.2 Å². The Balaban J connectivity index is 2.10. The first-order chi connectivity index (χ1) is 8.09. The molecule has 4 nitrogen and oxygen atoms in total. The number of thioether (sulfide) groups is 1. The molecule has 0 saturated carbocycles. The monoisotopic (exact) mass is 278 g/mol. The second-order valence-corrected chi connectivity index (χ2v) is 7.33. The molecular weight excluding hydrogens is 256 g/mol. The van der Waals surface area contributed by atoms with Crippen LogP contribution in [0.25, 0.3) is 0 Å². The van der Waals surface area contributed by atoms with Crippen LogP contribution in [-0.4, -0.2) is 52.3 Å². The summed E-state index contributed by atoms with van der Waals surface area (Å²) in [5, 5.41) is 6.38. The quantitative estimate of drug-likeness (QED) is 0.736. The number of amides is 1. The van der Waals surface area contributed by atoms with Gasteiger partial charge in [0.05, 0.1) is 0 Å². The number of nitrogens with one attached hydrogen (secondary N) is 2. The molecule has 0 aromatic carbocycles. The van der Waals surface area contributed by atoms with Gasteiger partial charge in [0, 0.05) is 59.4 Å². The zero-order valence-corrected chi connectivity index (χ0v) is 12.2. The molecule has 0 aromatic heterocycles. The number of hydrogen-bond donors (Lipinski definition) is 2. The van der Waals surface area contributed by atoms with E-state index < -0.39 is 10.8 Å². The SMILES string of the molecule is CC(CCNC(=O)CC1CSCCN1)S(C)=O. The third kappa shape index (κ3) is 6.43. The van der Waals surface area contributed by atoms with Crippen molar-refractivity contribution >= 4 is 28.5 Å². The van der Waals surface area contributed by atoms with Gasteiger partial charge in [-0.3, -0.25) is 9.00 Å². The predicted octanol–water partition coefficient (Wildman–Crippen LogP) is 0.355. The molecule has 1 fully saturated rings. The second-order valence-electron chi connectivity index (χ2n) is 4.38. The van der Waals surface area contributed by atoms with Gasteiger partial charge in [0.15, 0.2) is 0 Å². The lowest BCUT2D eigenvalue weighted by Gasteiger charge is -2.22. The minimum Gasteiger partial charge on any atom is -0.356 e. The van der Waals surface area contributed by atoms with Crippen molar-refractivity contribution in [1.82, 2.24) is 10.6 Å². The van der Waals surface area contributed by atoms with Crippen LogP contribution >= 0.6 is 11.8 Å². The average molecular weight is 278 g/mol. The van der Waals surface area contributed by atoms with E-state index in [1.807, 2.05) is 18.7 Å². The van der Waals surface area contributed by atoms with Crippen LogP contribution in [0.3, 0.4) is 0 Å². The molecule has 1 aliphatic heterocycles. The Morgan fingerprint density at radius 3 is 3.00 bits per heavy atom. The largest absolute Gasteiger partial charge is 0.356 e. The van der Waals surface area contributed by atoms with Crippen LogP contribution in [0.2, 0.25) is 0 Å². The molecule has 100 valence electrons. The van der Waals surface area contributed by atoms with Crippen LogP contribution in [-0.2, 0) is 15.6 Å². The van der Waals surface area contributed by atoms with E-state index in [0.717, 1.165) is 24.5 Å². The van der Waals surface area contributed by atoms with Crippen LogP contribution in [0.1, 0.15) is 19.8 Å². The Morgan fingerprint density at radius 2 is 2.41 bits per heavy atom. The summed E-state index contributed by atoms with van der Waals surface area (Å²) in [6.07, 6.45) is 3.04. The van der Waals surface area contributed by atoms with Crippen LogP contribution in [0, 0.1) is 0 Å². The predicted molar refractivity (Wildman–Crippen MR) is 74.9 cm³/mol. The fourth-order valence-electron chi connectivity index (χ4n) is 1.63. The summed E-state index contributed by atoms with van der Waals surface area (Å²) in [7, 11) is -0.798. The number of hydrogen-bond acceptors (Lipinski definition) is 4. The lowest BCUT2D eigenvalue weighted by atomic mass is 10.2. The summed E-state index contributed by atoms with van der Waals surface area (Å²) < 4.78 is 11.1. The van der Waals surface area contributed by atoms with Gasteiger partial charge in [-0.05, 0) is 6.42 Å². The van der Waals surface area contributed by atoms with Gasteiger partial charge in [-0.1, -0.05) is 6.92 Å². The molecule has 6 heteroatoms. The van der Waals surface area contributed by atoms with E-state index >= 15 is 0 Å². The maximum Gasteiger partial charge on any atom is 0.221 e. The molecule has 1 heterocycles. The van der Waals surface area contributed by atoms with Crippen molar-refractivity contribution in [3.63, 3.8) is 0 Å². The van der Waals surface area contributed by atoms with Crippen LogP contribution in [0.4, 0.5) is 0 Å². The van der Waals surface area contributed by atoms with Crippen LogP contribution in [0.5, 0.6) is 0 Å². The summed E-state index contributed by atoms with van der Waals surface area (Å²) in [5.41, 5.74) is 0. The van der Waals surface area contributed by atoms with Crippen molar-refractivity contribution < 1.29 is 9.00 Å². The first-order valence-corrected chi connectivity index (χ1v) is 8.77. The molecule has 0 bridgehead atoms. The highest BCUT2D eigenvalue weighted by atomic mass is 32.2. The molecule has 0 spiro atoms. The lowest BCUT2D eigenvalue weighted by molar-refractivity contribution is -0.121. The van der Waals surface area contributed by atoms with Gasteiger partial charge in [0.1, 0.15) is 0 Å². The molecular formula is C11H22N2O2S2. The van der Waals surface area contributed by atoms with Crippen molar-refractivity contribution in [2.45, 2.75) is 31.1 Å². The lowest BCUT2D eigenvalue weighted by Crippen LogP contribution is -2.41. The Bertz CT molecular complexity index is 268. The van der Waals surface area contributed by atoms with Crippen LogP contribution in [0.15, 0.2) is 0 Å². The molecule has 17 heavy (non-hydrogen) atoms. The third-order valence-corrected chi connectivity index (χ3v) is 5.37. The van der Waals surface area contributed by atoms with Gasteiger partial charge < -0.3 is 10.6 Å². The van der Waals surface area contributed by atoms with Gasteiger partial charge in [0.2, 0.25) is 5.91 Å². The van der Waals surface area contributed by atoms with Crippen molar-refractivity contribution in [3.05, 3.63) is 0 Å². The van der Waals surface area contributed by atoms with E-state index in [1.165, 1.54) is 0 Å². The Morgan fingerprint density at radius 1 is 1.65 bits per heavy atom. The smallest absolute Gasteiger partial charge is 0.221 e. The highest BCUT2D eigenvalue weighted by Crippen LogP contribution is 2.09. The standard InChI is InChI=1S/C11H22N2O2S2/c1-9(17(2)15)3-4-13-11(14)7-10-8-16-6-5-12-10/h9-10,12H,3-8H2,1-2H3,(H,13,14). The minimum absolute atomic E-state index is 0.0964. The summed E-state index contributed by atoms with van der Waals surface area (Å²) in [4.78, 5) is 11.6. The molecule has 0 aliphatic carbocycles. The highest BCUT2D eigenvalue weighted by Gasteiger charge is 2.16. The van der Waals surface area contributed by atoms with E-state index in [1.54, 1.807) is 6.26 Å². The fraction of sp³-hybridized carbons (Fsp3) is 0.909. The first kappa shape index (κ1) is 15.0. The number of rotatable bonds is 6. The maximum atomic E-state index is 11.6. The molecule has 1 rings (SSSR count). The minimum atomic E-state index is -0.798. The normalized spacial score (nSPS) is 24.0. The fourth-order valence-corrected chi connectivity index (χ4v) is 3.03. The Hall–Kier alpha value is -0.0700. The number of carbonyl (C=O) groups excluding carboxylic acids is 1. The molecule has 3 atom stereocenters. The maximum absolute atomic E-state index is 11.6. The highest BCUT2D eigenvalue weighted by molar-refractivity contribution is 7.99. The van der Waals surface area contributed by atoms with Gasteiger partial charge in [-0.15, -0.1) is 0 Å². The summed E-state index contributed by atoms with van der Waals surface area (Å²) in [5.74, 6) is 2.25. The second kappa shape index (κ2) is 8.11. The van der Waals surface area contributed by atoms with Crippen LogP contribution < -0.4 is 10.6 Å². The van der Waals surface area contributed by atoms with E-state index in [4.69, 9.17) is 0 Å². The summed E-state index contributed by atoms with van der Waals surface area (Å²) in [6, 6.07) is 0.312. The third-order valence-electron chi connectivity index (χ3n) is 2.87. The molecule has 1 saturated heterocycles. The molecule has 2 N–H and O–H groups in total. The van der Waals surface area contributed by atoms with Crippen molar-refractivity contribution in [1.29, 1.82) is 0 Å². The van der Waals surface area contributed by atoms with Crippen molar-refractivity contribution in [3.8, 4) is 0 Å².